The van der Waals surface area contributed by atoms with E-state index in [-0.39, 0.29) is 18.5 Å². The quantitative estimate of drug-likeness (QED) is 0.648. The van der Waals surface area contributed by atoms with Crippen LogP contribution in [-0.2, 0) is 6.18 Å². The Labute approximate surface area is 169 Å². The molecule has 1 atom stereocenters. The van der Waals surface area contributed by atoms with Crippen molar-refractivity contribution in [3.05, 3.63) is 60.2 Å². The molecule has 1 aromatic carbocycles. The summed E-state index contributed by atoms with van der Waals surface area (Å²) in [4.78, 5) is 23.4. The first kappa shape index (κ1) is 19.8. The minimum atomic E-state index is -4.51. The number of carbonyl (C=O) groups excluding carboxylic acids is 1. The number of aromatic nitrogens is 5. The average Bonchev–Trinajstić information content (AvgIpc) is 3.28. The molecule has 3 heterocycles. The van der Waals surface area contributed by atoms with Gasteiger partial charge in [-0.05, 0) is 25.0 Å². The summed E-state index contributed by atoms with van der Waals surface area (Å²) in [6.07, 6.45) is 0.795. The lowest BCUT2D eigenvalue weighted by Crippen LogP contribution is -2.44. The maximum atomic E-state index is 13.1. The van der Waals surface area contributed by atoms with Crippen molar-refractivity contribution in [3.63, 3.8) is 0 Å². The second kappa shape index (κ2) is 8.09. The minimum absolute atomic E-state index is 0.150. The maximum absolute atomic E-state index is 13.1. The summed E-state index contributed by atoms with van der Waals surface area (Å²) in [6, 6.07) is 6.85. The van der Waals surface area contributed by atoms with Crippen LogP contribution in [0, 0.1) is 0 Å². The van der Waals surface area contributed by atoms with Crippen LogP contribution in [0.4, 0.5) is 13.2 Å². The third kappa shape index (κ3) is 4.24. The van der Waals surface area contributed by atoms with Gasteiger partial charge in [-0.2, -0.15) is 28.2 Å². The zero-order valence-electron chi connectivity index (χ0n) is 15.7. The molecule has 156 valence electrons. The van der Waals surface area contributed by atoms with Gasteiger partial charge in [-0.3, -0.25) is 4.79 Å². The van der Waals surface area contributed by atoms with Gasteiger partial charge >= 0.3 is 12.2 Å². The van der Waals surface area contributed by atoms with Gasteiger partial charge in [-0.15, -0.1) is 0 Å². The summed E-state index contributed by atoms with van der Waals surface area (Å²) >= 11 is 0. The molecule has 0 unspecified atom stereocenters. The summed E-state index contributed by atoms with van der Waals surface area (Å²) in [7, 11) is 0. The van der Waals surface area contributed by atoms with E-state index in [9.17, 15) is 18.0 Å². The zero-order valence-corrected chi connectivity index (χ0v) is 15.7. The van der Waals surface area contributed by atoms with Crippen LogP contribution in [0.25, 0.3) is 5.69 Å². The van der Waals surface area contributed by atoms with Gasteiger partial charge in [0, 0.05) is 18.9 Å². The Hall–Kier alpha value is -3.50. The van der Waals surface area contributed by atoms with E-state index < -0.39 is 17.8 Å². The number of halogens is 3. The Kier molecular flexibility index (Phi) is 5.34. The number of hydrogen-bond donors (Lipinski definition) is 0. The lowest BCUT2D eigenvalue weighted by molar-refractivity contribution is -0.138. The van der Waals surface area contributed by atoms with Crippen LogP contribution in [0.1, 0.15) is 28.8 Å². The third-order valence-electron chi connectivity index (χ3n) is 4.66. The highest BCUT2D eigenvalue weighted by Gasteiger charge is 2.32. The SMILES string of the molecule is O=C(c1ccccc1-n1nccn1)N1CCC[C@@H](Oc2ncc(C(F)(F)F)cn2)C1. The number of nitrogens with zero attached hydrogens (tertiary/aromatic N) is 6. The minimum Gasteiger partial charge on any atom is -0.458 e. The van der Waals surface area contributed by atoms with E-state index in [1.165, 1.54) is 17.2 Å². The number of alkyl halides is 3. The molecule has 0 saturated carbocycles. The Morgan fingerprint density at radius 2 is 1.80 bits per heavy atom. The molecule has 1 saturated heterocycles. The van der Waals surface area contributed by atoms with E-state index in [0.717, 1.165) is 0 Å². The van der Waals surface area contributed by atoms with Crippen LogP contribution in [0.15, 0.2) is 49.1 Å². The van der Waals surface area contributed by atoms with Crippen molar-refractivity contribution < 1.29 is 22.7 Å². The smallest absolute Gasteiger partial charge is 0.419 e. The fourth-order valence-electron chi connectivity index (χ4n) is 3.23. The number of carbonyl (C=O) groups is 1. The number of rotatable bonds is 4. The van der Waals surface area contributed by atoms with Crippen LogP contribution in [-0.4, -0.2) is 55.0 Å². The Morgan fingerprint density at radius 3 is 2.50 bits per heavy atom. The van der Waals surface area contributed by atoms with E-state index in [4.69, 9.17) is 4.74 Å². The van der Waals surface area contributed by atoms with Crippen LogP contribution < -0.4 is 4.74 Å². The molecular formula is C19H17F3N6O2. The number of ether oxygens (including phenoxy) is 1. The molecule has 0 radical (unpaired) electrons. The highest BCUT2D eigenvalue weighted by atomic mass is 19.4. The van der Waals surface area contributed by atoms with Gasteiger partial charge in [0.05, 0.1) is 35.8 Å². The average molecular weight is 418 g/mol. The van der Waals surface area contributed by atoms with Gasteiger partial charge in [-0.1, -0.05) is 12.1 Å². The van der Waals surface area contributed by atoms with Crippen LogP contribution in [0.5, 0.6) is 6.01 Å². The van der Waals surface area contributed by atoms with Crippen molar-refractivity contribution in [2.45, 2.75) is 25.1 Å². The fourth-order valence-corrected chi connectivity index (χ4v) is 3.23. The van der Waals surface area contributed by atoms with Gasteiger partial charge in [0.1, 0.15) is 6.10 Å². The molecule has 30 heavy (non-hydrogen) atoms. The maximum Gasteiger partial charge on any atom is 0.419 e. The fraction of sp³-hybridized carbons (Fsp3) is 0.316. The molecule has 0 N–H and O–H groups in total. The van der Waals surface area contributed by atoms with Crippen LogP contribution in [0.2, 0.25) is 0 Å². The molecular weight excluding hydrogens is 401 g/mol. The first-order chi connectivity index (χ1) is 14.4. The monoisotopic (exact) mass is 418 g/mol. The second-order valence-corrected chi connectivity index (χ2v) is 6.72. The normalized spacial score (nSPS) is 17.0. The number of hydrogen-bond acceptors (Lipinski definition) is 6. The molecule has 3 aromatic rings. The summed E-state index contributed by atoms with van der Waals surface area (Å²) in [6.45, 7) is 0.803. The highest BCUT2D eigenvalue weighted by Crippen LogP contribution is 2.28. The lowest BCUT2D eigenvalue weighted by atomic mass is 10.1. The van der Waals surface area contributed by atoms with E-state index in [0.29, 0.717) is 43.0 Å². The molecule has 0 bridgehead atoms. The molecule has 1 fully saturated rings. The predicted octanol–water partition coefficient (Wildman–Crippen LogP) is 2.76. The third-order valence-corrected chi connectivity index (χ3v) is 4.66. The van der Waals surface area contributed by atoms with Gasteiger partial charge in [0.15, 0.2) is 0 Å². The van der Waals surface area contributed by atoms with Crippen LogP contribution >= 0.6 is 0 Å². The molecule has 1 amide bonds. The van der Waals surface area contributed by atoms with Gasteiger partial charge in [0.2, 0.25) is 0 Å². The summed E-state index contributed by atoms with van der Waals surface area (Å²) in [5.41, 5.74) is 0.0564. The molecule has 0 spiro atoms. The lowest BCUT2D eigenvalue weighted by Gasteiger charge is -2.32. The standard InChI is InChI=1S/C19H17F3N6O2/c20-19(21,22)13-10-23-18(24-11-13)30-14-4-3-9-27(12-14)17(29)15-5-1-2-6-16(15)28-25-7-8-26-28/h1-2,5-8,10-11,14H,3-4,9,12H2/t14-/m1/s1. The molecule has 4 rings (SSSR count). The van der Waals surface area contributed by atoms with Crippen LogP contribution in [0.3, 0.4) is 0 Å². The number of likely N-dealkylation sites (tertiary alicyclic amines) is 1. The Balaban J connectivity index is 1.46. The van der Waals surface area contributed by atoms with Gasteiger partial charge in [-0.25, -0.2) is 9.97 Å². The van der Waals surface area contributed by atoms with Crippen molar-refractivity contribution >= 4 is 5.91 Å². The van der Waals surface area contributed by atoms with Crippen molar-refractivity contribution in [1.82, 2.24) is 29.9 Å². The molecule has 11 heteroatoms. The largest absolute Gasteiger partial charge is 0.458 e. The summed E-state index contributed by atoms with van der Waals surface area (Å²) in [5.74, 6) is -0.204. The summed E-state index contributed by atoms with van der Waals surface area (Å²) in [5, 5.41) is 8.17. The number of para-hydroxylation sites is 1. The predicted molar refractivity (Wildman–Crippen MR) is 97.9 cm³/mol. The second-order valence-electron chi connectivity index (χ2n) is 6.72. The van der Waals surface area contributed by atoms with Crippen molar-refractivity contribution in [1.29, 1.82) is 0 Å². The molecule has 1 aliphatic rings. The molecule has 1 aliphatic heterocycles. The number of amides is 1. The topological polar surface area (TPSA) is 86.0 Å². The number of piperidine rings is 1. The van der Waals surface area contributed by atoms with Crippen molar-refractivity contribution in [3.8, 4) is 11.7 Å². The van der Waals surface area contributed by atoms with E-state index in [1.54, 1.807) is 29.2 Å². The van der Waals surface area contributed by atoms with Gasteiger partial charge < -0.3 is 9.64 Å². The Morgan fingerprint density at radius 1 is 1.10 bits per heavy atom. The van der Waals surface area contributed by atoms with E-state index in [2.05, 4.69) is 20.2 Å². The van der Waals surface area contributed by atoms with E-state index >= 15 is 0 Å². The highest BCUT2D eigenvalue weighted by molar-refractivity contribution is 5.97. The molecule has 2 aromatic heterocycles. The zero-order chi connectivity index (χ0) is 21.1. The van der Waals surface area contributed by atoms with Gasteiger partial charge in [0.25, 0.3) is 5.91 Å². The molecule has 8 nitrogen and oxygen atoms in total. The Bertz CT molecular complexity index is 1010. The van der Waals surface area contributed by atoms with Crippen molar-refractivity contribution in [2.75, 3.05) is 13.1 Å². The summed E-state index contributed by atoms with van der Waals surface area (Å²) < 4.78 is 43.5. The number of benzene rings is 1. The first-order valence-electron chi connectivity index (χ1n) is 9.23. The molecule has 0 aliphatic carbocycles. The van der Waals surface area contributed by atoms with Crippen molar-refractivity contribution in [2.24, 2.45) is 0 Å². The van der Waals surface area contributed by atoms with E-state index in [1.807, 2.05) is 0 Å². The first-order valence-corrected chi connectivity index (χ1v) is 9.23.